The topological polar surface area (TPSA) is 65.7 Å². The van der Waals surface area contributed by atoms with E-state index >= 15 is 0 Å². The third kappa shape index (κ3) is 8.32. The van der Waals surface area contributed by atoms with Crippen molar-refractivity contribution in [1.82, 2.24) is 20.7 Å². The Labute approximate surface area is 163 Å². The molecule has 0 aliphatic rings. The standard InChI is InChI=1S/C17H33N5O.HI/c1-7-15-11-16(23-21-15)12-20-17(18-8-2)19-9-10-22(13(3)4)14(5)6;/h11,13-14H,7-10,12H2,1-6H3,(H2,18,19,20);1H. The lowest BCUT2D eigenvalue weighted by atomic mass is 10.2. The van der Waals surface area contributed by atoms with Gasteiger partial charge >= 0.3 is 0 Å². The van der Waals surface area contributed by atoms with Gasteiger partial charge in [0.2, 0.25) is 0 Å². The Kier molecular flexibility index (Phi) is 12.1. The largest absolute Gasteiger partial charge is 0.359 e. The lowest BCUT2D eigenvalue weighted by Gasteiger charge is -2.30. The number of aliphatic imine (C=N–C) groups is 1. The maximum atomic E-state index is 5.27. The Hall–Kier alpha value is -0.830. The number of rotatable bonds is 9. The molecule has 0 aliphatic carbocycles. The molecule has 0 saturated carbocycles. The van der Waals surface area contributed by atoms with Gasteiger partial charge in [0, 0.05) is 37.8 Å². The van der Waals surface area contributed by atoms with Crippen molar-refractivity contribution in [2.24, 2.45) is 4.99 Å². The number of guanidine groups is 1. The number of aromatic nitrogens is 1. The van der Waals surface area contributed by atoms with Crippen LogP contribution in [0.3, 0.4) is 0 Å². The number of halogens is 1. The van der Waals surface area contributed by atoms with Gasteiger partial charge in [-0.1, -0.05) is 12.1 Å². The second kappa shape index (κ2) is 12.5. The Morgan fingerprint density at radius 2 is 1.88 bits per heavy atom. The summed E-state index contributed by atoms with van der Waals surface area (Å²) in [6, 6.07) is 3.04. The fourth-order valence-corrected chi connectivity index (χ4v) is 2.51. The summed E-state index contributed by atoms with van der Waals surface area (Å²) in [6.07, 6.45) is 0.881. The van der Waals surface area contributed by atoms with Gasteiger partial charge in [0.1, 0.15) is 6.54 Å². The maximum absolute atomic E-state index is 5.27. The number of nitrogens with one attached hydrogen (secondary N) is 2. The number of hydrogen-bond donors (Lipinski definition) is 2. The molecule has 140 valence electrons. The van der Waals surface area contributed by atoms with E-state index in [1.807, 2.05) is 6.07 Å². The summed E-state index contributed by atoms with van der Waals surface area (Å²) < 4.78 is 5.27. The molecule has 0 aromatic carbocycles. The van der Waals surface area contributed by atoms with Crippen LogP contribution in [-0.4, -0.2) is 47.7 Å². The molecule has 1 aromatic heterocycles. The summed E-state index contributed by atoms with van der Waals surface area (Å²) in [5.74, 6) is 1.61. The van der Waals surface area contributed by atoms with Gasteiger partial charge in [0.05, 0.1) is 5.69 Å². The molecule has 0 atom stereocenters. The van der Waals surface area contributed by atoms with Crippen LogP contribution in [0.2, 0.25) is 0 Å². The molecular weight excluding hydrogens is 417 g/mol. The van der Waals surface area contributed by atoms with Crippen LogP contribution >= 0.6 is 24.0 Å². The predicted molar refractivity (Wildman–Crippen MR) is 111 cm³/mol. The molecule has 0 saturated heterocycles. The van der Waals surface area contributed by atoms with E-state index in [2.05, 4.69) is 67.2 Å². The Morgan fingerprint density at radius 3 is 2.38 bits per heavy atom. The van der Waals surface area contributed by atoms with Gasteiger partial charge in [-0.25, -0.2) is 4.99 Å². The highest BCUT2D eigenvalue weighted by Gasteiger charge is 2.12. The van der Waals surface area contributed by atoms with Gasteiger partial charge in [-0.2, -0.15) is 0 Å². The van der Waals surface area contributed by atoms with Crippen LogP contribution in [0, 0.1) is 0 Å². The molecule has 2 N–H and O–H groups in total. The van der Waals surface area contributed by atoms with Gasteiger partial charge in [0.25, 0.3) is 0 Å². The lowest BCUT2D eigenvalue weighted by Crippen LogP contribution is -2.45. The summed E-state index contributed by atoms with van der Waals surface area (Å²) in [5, 5.41) is 10.6. The van der Waals surface area contributed by atoms with Crippen LogP contribution in [0.15, 0.2) is 15.6 Å². The molecule has 24 heavy (non-hydrogen) atoms. The molecule has 0 amide bonds. The zero-order chi connectivity index (χ0) is 17.2. The molecule has 0 fully saturated rings. The SMILES string of the molecule is CCNC(=NCc1cc(CC)no1)NCCN(C(C)C)C(C)C.I. The van der Waals surface area contributed by atoms with Crippen molar-refractivity contribution < 1.29 is 4.52 Å². The molecule has 1 rings (SSSR count). The van der Waals surface area contributed by atoms with E-state index in [0.717, 1.165) is 43.5 Å². The van der Waals surface area contributed by atoms with Gasteiger partial charge in [0.15, 0.2) is 11.7 Å². The summed E-state index contributed by atoms with van der Waals surface area (Å²) >= 11 is 0. The minimum absolute atomic E-state index is 0. The first kappa shape index (κ1) is 23.2. The van der Waals surface area contributed by atoms with Crippen molar-refractivity contribution in [1.29, 1.82) is 0 Å². The highest BCUT2D eigenvalue weighted by molar-refractivity contribution is 14.0. The Balaban J connectivity index is 0.00000529. The maximum Gasteiger partial charge on any atom is 0.191 e. The van der Waals surface area contributed by atoms with Gasteiger partial charge in [-0.3, -0.25) is 4.90 Å². The second-order valence-electron chi connectivity index (χ2n) is 6.19. The molecule has 0 spiro atoms. The van der Waals surface area contributed by atoms with Gasteiger partial charge in [-0.05, 0) is 41.0 Å². The fourth-order valence-electron chi connectivity index (χ4n) is 2.51. The summed E-state index contributed by atoms with van der Waals surface area (Å²) in [4.78, 5) is 7.02. The van der Waals surface area contributed by atoms with Crippen molar-refractivity contribution in [3.63, 3.8) is 0 Å². The van der Waals surface area contributed by atoms with Crippen molar-refractivity contribution in [2.45, 2.75) is 66.6 Å². The minimum atomic E-state index is 0. The predicted octanol–water partition coefficient (Wildman–Crippen LogP) is 3.03. The molecular formula is C17H34IN5O. The average Bonchev–Trinajstić information content (AvgIpc) is 2.96. The van der Waals surface area contributed by atoms with E-state index < -0.39 is 0 Å². The normalized spacial score (nSPS) is 12.0. The van der Waals surface area contributed by atoms with Crippen LogP contribution in [-0.2, 0) is 13.0 Å². The number of hydrogen-bond acceptors (Lipinski definition) is 4. The molecule has 7 heteroatoms. The molecule has 1 heterocycles. The van der Waals surface area contributed by atoms with Crippen LogP contribution in [0.5, 0.6) is 0 Å². The number of nitrogens with zero attached hydrogens (tertiary/aromatic N) is 3. The smallest absolute Gasteiger partial charge is 0.191 e. The minimum Gasteiger partial charge on any atom is -0.359 e. The van der Waals surface area contributed by atoms with Crippen LogP contribution in [0.25, 0.3) is 0 Å². The fraction of sp³-hybridized carbons (Fsp3) is 0.765. The molecule has 0 aliphatic heterocycles. The highest BCUT2D eigenvalue weighted by atomic mass is 127. The quantitative estimate of drug-likeness (QED) is 0.343. The van der Waals surface area contributed by atoms with E-state index in [9.17, 15) is 0 Å². The molecule has 0 radical (unpaired) electrons. The summed E-state index contributed by atoms with van der Waals surface area (Å²) in [6.45, 7) is 16.2. The molecule has 0 unspecified atom stereocenters. The van der Waals surface area contributed by atoms with Crippen LogP contribution in [0.1, 0.15) is 53.0 Å². The number of aryl methyl sites for hydroxylation is 1. The van der Waals surface area contributed by atoms with Crippen LogP contribution < -0.4 is 10.6 Å². The van der Waals surface area contributed by atoms with E-state index in [1.54, 1.807) is 0 Å². The van der Waals surface area contributed by atoms with Crippen molar-refractivity contribution >= 4 is 29.9 Å². The first-order valence-electron chi connectivity index (χ1n) is 8.70. The first-order valence-corrected chi connectivity index (χ1v) is 8.70. The first-order chi connectivity index (χ1) is 11.0. The summed E-state index contributed by atoms with van der Waals surface area (Å²) in [7, 11) is 0. The van der Waals surface area contributed by atoms with Gasteiger partial charge in [-0.15, -0.1) is 24.0 Å². The molecule has 0 bridgehead atoms. The highest BCUT2D eigenvalue weighted by Crippen LogP contribution is 2.05. The molecule has 6 nitrogen and oxygen atoms in total. The van der Waals surface area contributed by atoms with Crippen molar-refractivity contribution in [2.75, 3.05) is 19.6 Å². The zero-order valence-corrected chi connectivity index (χ0v) is 18.3. The van der Waals surface area contributed by atoms with Crippen LogP contribution in [0.4, 0.5) is 0 Å². The van der Waals surface area contributed by atoms with Crippen molar-refractivity contribution in [3.05, 3.63) is 17.5 Å². The lowest BCUT2D eigenvalue weighted by molar-refractivity contribution is 0.178. The Bertz CT molecular complexity index is 465. The van der Waals surface area contributed by atoms with E-state index in [1.165, 1.54) is 0 Å². The summed E-state index contributed by atoms with van der Waals surface area (Å²) in [5.41, 5.74) is 0.970. The molecule has 1 aromatic rings. The average molecular weight is 451 g/mol. The van der Waals surface area contributed by atoms with E-state index in [4.69, 9.17) is 4.52 Å². The second-order valence-corrected chi connectivity index (χ2v) is 6.19. The van der Waals surface area contributed by atoms with E-state index in [0.29, 0.717) is 18.6 Å². The third-order valence-electron chi connectivity index (χ3n) is 3.70. The zero-order valence-electron chi connectivity index (χ0n) is 15.9. The monoisotopic (exact) mass is 451 g/mol. The third-order valence-corrected chi connectivity index (χ3v) is 3.70. The van der Waals surface area contributed by atoms with E-state index in [-0.39, 0.29) is 24.0 Å². The Morgan fingerprint density at radius 1 is 1.21 bits per heavy atom. The van der Waals surface area contributed by atoms with Gasteiger partial charge < -0.3 is 15.2 Å². The van der Waals surface area contributed by atoms with Crippen molar-refractivity contribution in [3.8, 4) is 0 Å².